The number of terminal acetylenes is 1. The first-order valence-corrected chi connectivity index (χ1v) is 7.53. The zero-order chi connectivity index (χ0) is 15.6. The molecule has 7 nitrogen and oxygen atoms in total. The van der Waals surface area contributed by atoms with Crippen LogP contribution in [0.5, 0.6) is 0 Å². The normalized spacial score (nSPS) is 18.5. The molecule has 1 aromatic heterocycles. The molecule has 116 valence electrons. The minimum Gasteiger partial charge on any atom is -0.309 e. The zero-order valence-electron chi connectivity index (χ0n) is 12.7. The summed E-state index contributed by atoms with van der Waals surface area (Å²) in [5.74, 6) is 3.15. The van der Waals surface area contributed by atoms with Gasteiger partial charge in [0.1, 0.15) is 0 Å². The maximum atomic E-state index is 12.0. The summed E-state index contributed by atoms with van der Waals surface area (Å²) in [6.07, 6.45) is 7.59. The summed E-state index contributed by atoms with van der Waals surface area (Å²) in [4.78, 5) is 14.3. The van der Waals surface area contributed by atoms with Crippen molar-refractivity contribution in [3.8, 4) is 12.3 Å². The minimum absolute atomic E-state index is 0.0545. The molecule has 0 saturated carbocycles. The number of nitrogens with one attached hydrogen (secondary N) is 1. The number of rotatable bonds is 6. The first-order valence-electron chi connectivity index (χ1n) is 7.53. The molecular weight excluding hydrogens is 280 g/mol. The molecule has 1 aromatic rings. The minimum atomic E-state index is -0.403. The Morgan fingerprint density at radius 2 is 2.27 bits per heavy atom. The highest BCUT2D eigenvalue weighted by Gasteiger charge is 2.39. The highest BCUT2D eigenvalue weighted by atomic mass is 16.1. The molecule has 3 rings (SSSR count). The molecule has 0 unspecified atom stereocenters. The van der Waals surface area contributed by atoms with E-state index in [2.05, 4.69) is 38.5 Å². The Kier molecular flexibility index (Phi) is 3.94. The number of fused-ring (bicyclic) bond motifs is 1. The third-order valence-electron chi connectivity index (χ3n) is 4.06. The molecule has 3 heterocycles. The number of carbonyl (C=O) groups is 1. The molecule has 2 aliphatic heterocycles. The van der Waals surface area contributed by atoms with Gasteiger partial charge in [0, 0.05) is 44.8 Å². The molecule has 7 heteroatoms. The van der Waals surface area contributed by atoms with Crippen LogP contribution in [0.3, 0.4) is 0 Å². The lowest BCUT2D eigenvalue weighted by Crippen LogP contribution is -2.30. The zero-order valence-corrected chi connectivity index (χ0v) is 12.7. The maximum Gasteiger partial charge on any atom is 0.225 e. The summed E-state index contributed by atoms with van der Waals surface area (Å²) in [7, 11) is 2.08. The summed E-state index contributed by atoms with van der Waals surface area (Å²) in [5.41, 5.74) is 0.724. The van der Waals surface area contributed by atoms with Crippen molar-refractivity contribution < 1.29 is 4.79 Å². The lowest BCUT2D eigenvalue weighted by Gasteiger charge is -2.22. The average molecular weight is 300 g/mol. The number of carbonyl (C=O) groups excluding carboxylic acids is 1. The van der Waals surface area contributed by atoms with Crippen molar-refractivity contribution in [1.29, 1.82) is 0 Å². The Labute approximate surface area is 129 Å². The van der Waals surface area contributed by atoms with Crippen LogP contribution >= 0.6 is 0 Å². The van der Waals surface area contributed by atoms with E-state index in [1.165, 1.54) is 0 Å². The van der Waals surface area contributed by atoms with Gasteiger partial charge in [-0.2, -0.15) is 15.3 Å². The third-order valence-corrected chi connectivity index (χ3v) is 4.06. The van der Waals surface area contributed by atoms with Gasteiger partial charge in [0.05, 0.1) is 12.2 Å². The fourth-order valence-corrected chi connectivity index (χ4v) is 2.65. The van der Waals surface area contributed by atoms with Gasteiger partial charge in [0.2, 0.25) is 5.91 Å². The largest absolute Gasteiger partial charge is 0.309 e. The van der Waals surface area contributed by atoms with E-state index in [4.69, 9.17) is 6.42 Å². The summed E-state index contributed by atoms with van der Waals surface area (Å²) >= 11 is 0. The molecule has 1 amide bonds. The van der Waals surface area contributed by atoms with E-state index in [0.717, 1.165) is 31.7 Å². The number of nitrogens with zero attached hydrogens (tertiary/aromatic N) is 5. The van der Waals surface area contributed by atoms with Crippen LogP contribution in [0.15, 0.2) is 16.3 Å². The van der Waals surface area contributed by atoms with Gasteiger partial charge < -0.3 is 5.32 Å². The second-order valence-corrected chi connectivity index (χ2v) is 5.92. The Balaban J connectivity index is 1.49. The molecular formula is C15H20N6O. The summed E-state index contributed by atoms with van der Waals surface area (Å²) in [6.45, 7) is 2.69. The Hall–Kier alpha value is -2.20. The topological polar surface area (TPSA) is 74.9 Å². The van der Waals surface area contributed by atoms with Crippen LogP contribution in [0, 0.1) is 12.3 Å². The fourth-order valence-electron chi connectivity index (χ4n) is 2.65. The Bertz CT molecular complexity index is 635. The molecule has 2 aliphatic rings. The number of hydrogen-bond acceptors (Lipinski definition) is 5. The van der Waals surface area contributed by atoms with E-state index >= 15 is 0 Å². The van der Waals surface area contributed by atoms with Gasteiger partial charge in [-0.15, -0.1) is 12.3 Å². The quantitative estimate of drug-likeness (QED) is 0.811. The molecule has 0 atom stereocenters. The van der Waals surface area contributed by atoms with E-state index < -0.39 is 5.66 Å². The molecule has 22 heavy (non-hydrogen) atoms. The van der Waals surface area contributed by atoms with Crippen LogP contribution in [0.2, 0.25) is 0 Å². The van der Waals surface area contributed by atoms with E-state index in [9.17, 15) is 4.79 Å². The van der Waals surface area contributed by atoms with Crippen LogP contribution in [0.1, 0.15) is 31.4 Å². The predicted molar refractivity (Wildman–Crippen MR) is 82.1 cm³/mol. The SMILES string of the molecule is C#CCCC1(CCC(=O)Nc2cc3n(n2)CCN(C)C3)N=N1. The van der Waals surface area contributed by atoms with Crippen LogP contribution < -0.4 is 5.32 Å². The van der Waals surface area contributed by atoms with Crippen LogP contribution in [-0.2, 0) is 17.9 Å². The first-order chi connectivity index (χ1) is 10.6. The number of anilines is 1. The van der Waals surface area contributed by atoms with Gasteiger partial charge in [-0.1, -0.05) is 0 Å². The third kappa shape index (κ3) is 3.34. The van der Waals surface area contributed by atoms with Crippen molar-refractivity contribution >= 4 is 11.7 Å². The molecule has 0 spiro atoms. The molecule has 0 aromatic carbocycles. The molecule has 0 fully saturated rings. The smallest absolute Gasteiger partial charge is 0.225 e. The summed E-state index contributed by atoms with van der Waals surface area (Å²) in [5, 5.41) is 15.3. The number of likely N-dealkylation sites (N-methyl/N-ethyl adjacent to an activating group) is 1. The van der Waals surface area contributed by atoms with Gasteiger partial charge in [-0.25, -0.2) is 0 Å². The monoisotopic (exact) mass is 300 g/mol. The fraction of sp³-hybridized carbons (Fsp3) is 0.600. The second kappa shape index (κ2) is 5.89. The van der Waals surface area contributed by atoms with Gasteiger partial charge >= 0.3 is 0 Å². The van der Waals surface area contributed by atoms with Crippen molar-refractivity contribution in [2.45, 2.75) is 44.4 Å². The van der Waals surface area contributed by atoms with Crippen molar-refractivity contribution in [3.63, 3.8) is 0 Å². The van der Waals surface area contributed by atoms with E-state index in [0.29, 0.717) is 25.1 Å². The Morgan fingerprint density at radius 3 is 3.00 bits per heavy atom. The number of amides is 1. The average Bonchev–Trinajstić information content (AvgIpc) is 3.16. The van der Waals surface area contributed by atoms with Gasteiger partial charge in [-0.05, 0) is 7.05 Å². The van der Waals surface area contributed by atoms with Crippen molar-refractivity contribution in [2.24, 2.45) is 10.2 Å². The molecule has 1 N–H and O–H groups in total. The standard InChI is InChI=1S/C15H20N6O/c1-3-4-6-15(18-19-15)7-5-14(22)16-13-10-12-11-20(2)8-9-21(12)17-13/h1,10H,4-9,11H2,2H3,(H,16,17,22). The maximum absolute atomic E-state index is 12.0. The first kappa shape index (κ1) is 14.7. The summed E-state index contributed by atoms with van der Waals surface area (Å²) < 4.78 is 1.95. The second-order valence-electron chi connectivity index (χ2n) is 5.92. The molecule has 0 aliphatic carbocycles. The highest BCUT2D eigenvalue weighted by Crippen LogP contribution is 2.37. The number of hydrogen-bond donors (Lipinski definition) is 1. The predicted octanol–water partition coefficient (Wildman–Crippen LogP) is 1.62. The van der Waals surface area contributed by atoms with Gasteiger partial charge in [0.25, 0.3) is 0 Å². The lowest BCUT2D eigenvalue weighted by atomic mass is 10.0. The highest BCUT2D eigenvalue weighted by molar-refractivity contribution is 5.89. The summed E-state index contributed by atoms with van der Waals surface area (Å²) in [6, 6.07) is 1.94. The van der Waals surface area contributed by atoms with Crippen LogP contribution in [-0.4, -0.2) is 39.8 Å². The van der Waals surface area contributed by atoms with E-state index in [-0.39, 0.29) is 5.91 Å². The van der Waals surface area contributed by atoms with Crippen molar-refractivity contribution in [1.82, 2.24) is 14.7 Å². The van der Waals surface area contributed by atoms with Gasteiger partial charge in [0.15, 0.2) is 11.5 Å². The Morgan fingerprint density at radius 1 is 1.45 bits per heavy atom. The van der Waals surface area contributed by atoms with Crippen molar-refractivity contribution in [3.05, 3.63) is 11.8 Å². The van der Waals surface area contributed by atoms with Crippen LogP contribution in [0.4, 0.5) is 5.82 Å². The number of aromatic nitrogens is 2. The van der Waals surface area contributed by atoms with E-state index in [1.807, 2.05) is 10.7 Å². The van der Waals surface area contributed by atoms with Crippen LogP contribution in [0.25, 0.3) is 0 Å². The lowest BCUT2D eigenvalue weighted by molar-refractivity contribution is -0.116. The van der Waals surface area contributed by atoms with Gasteiger partial charge in [-0.3, -0.25) is 14.4 Å². The molecule has 0 bridgehead atoms. The van der Waals surface area contributed by atoms with Crippen molar-refractivity contribution in [2.75, 3.05) is 18.9 Å². The molecule has 0 radical (unpaired) electrons. The van der Waals surface area contributed by atoms with E-state index in [1.54, 1.807) is 0 Å². The molecule has 0 saturated heterocycles.